The molecule has 2 rings (SSSR count). The first-order valence-corrected chi connectivity index (χ1v) is 6.21. The number of nitrogens with zero attached hydrogens (tertiary/aromatic N) is 2. The van der Waals surface area contributed by atoms with Gasteiger partial charge in [0.25, 0.3) is 5.56 Å². The molecule has 1 saturated heterocycles. The van der Waals surface area contributed by atoms with E-state index in [4.69, 9.17) is 5.73 Å². The van der Waals surface area contributed by atoms with Gasteiger partial charge in [0.15, 0.2) is 0 Å². The van der Waals surface area contributed by atoms with Gasteiger partial charge in [-0.25, -0.2) is 0 Å². The Balaban J connectivity index is 2.36. The number of nitrogens with two attached hydrogens (primary N) is 1. The second-order valence-corrected chi connectivity index (χ2v) is 5.12. The maximum absolute atomic E-state index is 11.9. The lowest BCUT2D eigenvalue weighted by Gasteiger charge is -2.33. The minimum atomic E-state index is -0.0846. The molecule has 0 amide bonds. The van der Waals surface area contributed by atoms with E-state index in [9.17, 15) is 4.79 Å². The van der Waals surface area contributed by atoms with Gasteiger partial charge in [-0.05, 0) is 31.7 Å². The molecule has 1 aromatic rings. The Hall–Kier alpha value is -1.45. The number of aryl methyl sites for hydroxylation is 1. The van der Waals surface area contributed by atoms with Crippen LogP contribution in [0.2, 0.25) is 0 Å². The van der Waals surface area contributed by atoms with Crippen molar-refractivity contribution in [3.05, 3.63) is 22.1 Å². The molecule has 0 spiro atoms. The zero-order valence-corrected chi connectivity index (χ0v) is 10.9. The first-order valence-electron chi connectivity index (χ1n) is 6.21. The van der Waals surface area contributed by atoms with E-state index in [1.165, 1.54) is 12.8 Å². The van der Waals surface area contributed by atoms with E-state index >= 15 is 0 Å². The molecule has 4 heteroatoms. The van der Waals surface area contributed by atoms with Crippen LogP contribution in [-0.2, 0) is 7.05 Å². The van der Waals surface area contributed by atoms with E-state index < -0.39 is 0 Å². The maximum Gasteiger partial charge on any atom is 0.275 e. The number of piperidine rings is 1. The number of rotatable bonds is 1. The van der Waals surface area contributed by atoms with E-state index in [1.54, 1.807) is 11.6 Å². The highest BCUT2D eigenvalue weighted by Gasteiger charge is 2.19. The van der Waals surface area contributed by atoms with Gasteiger partial charge in [-0.15, -0.1) is 0 Å². The molecule has 0 aliphatic carbocycles. The first kappa shape index (κ1) is 12.0. The molecule has 2 N–H and O–H groups in total. The summed E-state index contributed by atoms with van der Waals surface area (Å²) in [6.45, 7) is 6.21. The van der Waals surface area contributed by atoms with E-state index in [0.29, 0.717) is 5.69 Å². The van der Waals surface area contributed by atoms with Crippen LogP contribution in [0.15, 0.2) is 10.9 Å². The summed E-state index contributed by atoms with van der Waals surface area (Å²) in [5.41, 5.74) is 8.11. The first-order chi connectivity index (χ1) is 8.00. The summed E-state index contributed by atoms with van der Waals surface area (Å²) in [4.78, 5) is 14.2. The predicted molar refractivity (Wildman–Crippen MR) is 71.4 cm³/mol. The normalized spacial score (nSPS) is 17.5. The highest BCUT2D eigenvalue weighted by atomic mass is 16.1. The van der Waals surface area contributed by atoms with Crippen molar-refractivity contribution in [2.45, 2.75) is 26.7 Å². The molecule has 0 unspecified atom stereocenters. The van der Waals surface area contributed by atoms with Gasteiger partial charge in [-0.1, -0.05) is 6.92 Å². The molecule has 0 bridgehead atoms. The van der Waals surface area contributed by atoms with Gasteiger partial charge >= 0.3 is 0 Å². The number of aromatic nitrogens is 1. The third kappa shape index (κ3) is 2.16. The minimum absolute atomic E-state index is 0.0846. The molecule has 0 radical (unpaired) electrons. The monoisotopic (exact) mass is 235 g/mol. The smallest absolute Gasteiger partial charge is 0.275 e. The minimum Gasteiger partial charge on any atom is -0.393 e. The van der Waals surface area contributed by atoms with Crippen molar-refractivity contribution in [1.29, 1.82) is 0 Å². The zero-order valence-electron chi connectivity index (χ0n) is 10.9. The van der Waals surface area contributed by atoms with E-state index in [2.05, 4.69) is 11.8 Å². The molecule has 4 nitrogen and oxygen atoms in total. The fourth-order valence-corrected chi connectivity index (χ4v) is 2.33. The molecular formula is C13H21N3O. The van der Waals surface area contributed by atoms with Crippen molar-refractivity contribution in [3.63, 3.8) is 0 Å². The molecule has 94 valence electrons. The van der Waals surface area contributed by atoms with Crippen molar-refractivity contribution < 1.29 is 0 Å². The number of hydrogen-bond donors (Lipinski definition) is 1. The van der Waals surface area contributed by atoms with Gasteiger partial charge in [0.1, 0.15) is 5.69 Å². The molecule has 1 aliphatic heterocycles. The Labute approximate surface area is 102 Å². The summed E-state index contributed by atoms with van der Waals surface area (Å²) in [5, 5.41) is 0. The van der Waals surface area contributed by atoms with Gasteiger partial charge in [0.05, 0.1) is 5.69 Å². The predicted octanol–water partition coefficient (Wildman–Crippen LogP) is 1.51. The van der Waals surface area contributed by atoms with Crippen molar-refractivity contribution in [2.24, 2.45) is 13.0 Å². The second kappa shape index (κ2) is 4.43. The Morgan fingerprint density at radius 1 is 1.35 bits per heavy atom. The lowest BCUT2D eigenvalue weighted by atomic mass is 9.98. The van der Waals surface area contributed by atoms with Crippen LogP contribution in [0, 0.1) is 12.8 Å². The van der Waals surface area contributed by atoms with Crippen LogP contribution in [0.25, 0.3) is 0 Å². The summed E-state index contributed by atoms with van der Waals surface area (Å²) in [6.07, 6.45) is 2.35. The van der Waals surface area contributed by atoms with Crippen molar-refractivity contribution >= 4 is 11.4 Å². The Morgan fingerprint density at radius 3 is 2.53 bits per heavy atom. The SMILES string of the molecule is Cc1cc(N2CCC(C)CC2)c(N)c(=O)n1C. The van der Waals surface area contributed by atoms with Gasteiger partial charge < -0.3 is 15.2 Å². The van der Waals surface area contributed by atoms with E-state index in [0.717, 1.165) is 30.4 Å². The zero-order chi connectivity index (χ0) is 12.6. The third-order valence-electron chi connectivity index (χ3n) is 3.81. The fourth-order valence-electron chi connectivity index (χ4n) is 2.33. The van der Waals surface area contributed by atoms with Crippen LogP contribution in [0.5, 0.6) is 0 Å². The largest absolute Gasteiger partial charge is 0.393 e. The number of pyridine rings is 1. The molecule has 0 saturated carbocycles. The van der Waals surface area contributed by atoms with Crippen molar-refractivity contribution in [3.8, 4) is 0 Å². The lowest BCUT2D eigenvalue weighted by molar-refractivity contribution is 0.438. The fraction of sp³-hybridized carbons (Fsp3) is 0.615. The van der Waals surface area contributed by atoms with E-state index in [1.807, 2.05) is 13.0 Å². The highest BCUT2D eigenvalue weighted by Crippen LogP contribution is 2.26. The van der Waals surface area contributed by atoms with E-state index in [-0.39, 0.29) is 5.56 Å². The van der Waals surface area contributed by atoms with Gasteiger partial charge in [-0.2, -0.15) is 0 Å². The average molecular weight is 235 g/mol. The van der Waals surface area contributed by atoms with Crippen molar-refractivity contribution in [2.75, 3.05) is 23.7 Å². The van der Waals surface area contributed by atoms with Crippen LogP contribution >= 0.6 is 0 Å². The molecule has 1 aromatic heterocycles. The molecule has 1 fully saturated rings. The number of anilines is 2. The summed E-state index contributed by atoms with van der Waals surface area (Å²) in [7, 11) is 1.76. The van der Waals surface area contributed by atoms with Gasteiger partial charge in [0, 0.05) is 25.8 Å². The van der Waals surface area contributed by atoms with Crippen LogP contribution in [0.1, 0.15) is 25.5 Å². The van der Waals surface area contributed by atoms with Crippen molar-refractivity contribution in [1.82, 2.24) is 4.57 Å². The van der Waals surface area contributed by atoms with Crippen LogP contribution in [-0.4, -0.2) is 17.7 Å². The molecular weight excluding hydrogens is 214 g/mol. The maximum atomic E-state index is 11.9. The Bertz CT molecular complexity index is 470. The number of hydrogen-bond acceptors (Lipinski definition) is 3. The highest BCUT2D eigenvalue weighted by molar-refractivity contribution is 5.67. The average Bonchev–Trinajstić information content (AvgIpc) is 2.32. The summed E-state index contributed by atoms with van der Waals surface area (Å²) < 4.78 is 1.60. The molecule has 0 aromatic carbocycles. The molecule has 0 atom stereocenters. The van der Waals surface area contributed by atoms with Gasteiger partial charge in [-0.3, -0.25) is 4.79 Å². The van der Waals surface area contributed by atoms with Gasteiger partial charge in [0.2, 0.25) is 0 Å². The molecule has 1 aliphatic rings. The quantitative estimate of drug-likeness (QED) is 0.802. The number of nitrogen functional groups attached to an aromatic ring is 1. The Morgan fingerprint density at radius 2 is 1.94 bits per heavy atom. The van der Waals surface area contributed by atoms with Crippen LogP contribution < -0.4 is 16.2 Å². The van der Waals surface area contributed by atoms with Crippen LogP contribution in [0.3, 0.4) is 0 Å². The Kier molecular flexibility index (Phi) is 3.13. The summed E-state index contributed by atoms with van der Waals surface area (Å²) >= 11 is 0. The second-order valence-electron chi connectivity index (χ2n) is 5.12. The summed E-state index contributed by atoms with van der Waals surface area (Å²) in [5.74, 6) is 0.778. The summed E-state index contributed by atoms with van der Waals surface area (Å²) in [6, 6.07) is 2.02. The topological polar surface area (TPSA) is 51.3 Å². The standard InChI is InChI=1S/C13H21N3O/c1-9-4-6-16(7-5-9)11-8-10(2)15(3)13(17)12(11)14/h8-9H,4-7,14H2,1-3H3. The third-order valence-corrected chi connectivity index (χ3v) is 3.81. The van der Waals surface area contributed by atoms with Crippen LogP contribution in [0.4, 0.5) is 11.4 Å². The molecule has 17 heavy (non-hydrogen) atoms. The molecule has 2 heterocycles. The lowest BCUT2D eigenvalue weighted by Crippen LogP contribution is -2.35.